The normalized spacial score (nSPS) is 15.6. The number of rotatable bonds is 4. The van der Waals surface area contributed by atoms with Crippen molar-refractivity contribution < 1.29 is 27.5 Å². The number of alkyl halides is 3. The number of hydrogen-bond donors (Lipinski definition) is 2. The first kappa shape index (κ1) is 24.3. The lowest BCUT2D eigenvalue weighted by atomic mass is 10.1. The number of benzene rings is 1. The molecule has 0 spiro atoms. The maximum atomic E-state index is 12.6. The van der Waals surface area contributed by atoms with Crippen molar-refractivity contribution in [2.24, 2.45) is 10.7 Å². The average Bonchev–Trinajstić information content (AvgIpc) is 2.69. The van der Waals surface area contributed by atoms with Gasteiger partial charge in [0.15, 0.2) is 5.96 Å². The van der Waals surface area contributed by atoms with E-state index in [2.05, 4.69) is 10.3 Å². The molecular weight excluding hydrogens is 415 g/mol. The van der Waals surface area contributed by atoms with Gasteiger partial charge in [-0.05, 0) is 45.0 Å². The molecule has 0 saturated carbocycles. The molecule has 1 saturated heterocycles. The van der Waals surface area contributed by atoms with Crippen LogP contribution in [0.2, 0.25) is 0 Å². The largest absolute Gasteiger partial charge is 0.444 e. The Hall–Kier alpha value is -2.98. The second-order valence-corrected chi connectivity index (χ2v) is 8.03. The molecule has 31 heavy (non-hydrogen) atoms. The number of aliphatic imine (C=N–C) groups is 1. The predicted octanol–water partition coefficient (Wildman–Crippen LogP) is 2.30. The molecule has 0 aliphatic carbocycles. The van der Waals surface area contributed by atoms with Gasteiger partial charge in [-0.15, -0.1) is 0 Å². The molecule has 1 aliphatic rings. The standard InChI is InChI=1S/C20H28F3N5O3/c1-19(2,3)31-18(30)28-12-10-27(11-13-28)17(24)26-9-8-25-16(29)14-4-6-15(7-5-14)20(21,22)23/h4-7H,8-13H2,1-3H3,(H2,24,26)(H,25,29). The Bertz CT molecular complexity index is 796. The summed E-state index contributed by atoms with van der Waals surface area (Å²) in [6, 6.07) is 3.98. The molecule has 1 heterocycles. The fraction of sp³-hybridized carbons (Fsp3) is 0.550. The molecule has 8 nitrogen and oxygen atoms in total. The third kappa shape index (κ3) is 7.65. The van der Waals surface area contributed by atoms with E-state index in [1.54, 1.807) is 4.90 Å². The van der Waals surface area contributed by atoms with Gasteiger partial charge in [-0.2, -0.15) is 13.2 Å². The van der Waals surface area contributed by atoms with Crippen molar-refractivity contribution in [3.63, 3.8) is 0 Å². The third-order valence-corrected chi connectivity index (χ3v) is 4.40. The van der Waals surface area contributed by atoms with Crippen LogP contribution in [-0.4, -0.2) is 72.6 Å². The molecule has 172 valence electrons. The van der Waals surface area contributed by atoms with Gasteiger partial charge in [0.1, 0.15) is 5.60 Å². The molecule has 2 amide bonds. The summed E-state index contributed by atoms with van der Waals surface area (Å²) >= 11 is 0. The van der Waals surface area contributed by atoms with Gasteiger partial charge in [0.05, 0.1) is 12.1 Å². The molecule has 1 aromatic rings. The zero-order valence-corrected chi connectivity index (χ0v) is 17.8. The number of amides is 2. The van der Waals surface area contributed by atoms with Crippen molar-refractivity contribution in [1.82, 2.24) is 15.1 Å². The lowest BCUT2D eigenvalue weighted by molar-refractivity contribution is -0.137. The first-order valence-corrected chi connectivity index (χ1v) is 9.85. The first-order chi connectivity index (χ1) is 14.4. The fourth-order valence-electron chi connectivity index (χ4n) is 2.80. The van der Waals surface area contributed by atoms with E-state index in [-0.39, 0.29) is 24.7 Å². The minimum atomic E-state index is -4.44. The Morgan fingerprint density at radius 1 is 1.06 bits per heavy atom. The van der Waals surface area contributed by atoms with Crippen LogP contribution in [0.15, 0.2) is 29.3 Å². The summed E-state index contributed by atoms with van der Waals surface area (Å²) in [6.45, 7) is 7.74. The van der Waals surface area contributed by atoms with E-state index in [1.165, 1.54) is 0 Å². The van der Waals surface area contributed by atoms with E-state index < -0.39 is 23.2 Å². The van der Waals surface area contributed by atoms with Gasteiger partial charge in [-0.25, -0.2) is 4.79 Å². The Kier molecular flexibility index (Phi) is 7.75. The molecule has 0 atom stereocenters. The summed E-state index contributed by atoms with van der Waals surface area (Å²) in [5, 5.41) is 2.59. The highest BCUT2D eigenvalue weighted by atomic mass is 19.4. The maximum absolute atomic E-state index is 12.6. The lowest BCUT2D eigenvalue weighted by Gasteiger charge is -2.36. The van der Waals surface area contributed by atoms with Gasteiger partial charge in [-0.3, -0.25) is 9.79 Å². The van der Waals surface area contributed by atoms with Crippen LogP contribution in [0, 0.1) is 0 Å². The van der Waals surface area contributed by atoms with Gasteiger partial charge in [0.2, 0.25) is 0 Å². The van der Waals surface area contributed by atoms with Crippen LogP contribution >= 0.6 is 0 Å². The van der Waals surface area contributed by atoms with Crippen molar-refractivity contribution in [3.8, 4) is 0 Å². The lowest BCUT2D eigenvalue weighted by Crippen LogP contribution is -2.53. The highest BCUT2D eigenvalue weighted by Crippen LogP contribution is 2.29. The van der Waals surface area contributed by atoms with Crippen molar-refractivity contribution in [1.29, 1.82) is 0 Å². The van der Waals surface area contributed by atoms with Crippen LogP contribution in [0.25, 0.3) is 0 Å². The molecular formula is C20H28F3N5O3. The number of piperazine rings is 1. The van der Waals surface area contributed by atoms with E-state index in [0.717, 1.165) is 24.3 Å². The summed E-state index contributed by atoms with van der Waals surface area (Å²) < 4.78 is 43.0. The SMILES string of the molecule is CC(C)(C)OC(=O)N1CCN(C(N)=NCCNC(=O)c2ccc(C(F)(F)F)cc2)CC1. The van der Waals surface area contributed by atoms with Crippen molar-refractivity contribution in [2.75, 3.05) is 39.3 Å². The number of guanidine groups is 1. The first-order valence-electron chi connectivity index (χ1n) is 9.85. The molecule has 11 heteroatoms. The van der Waals surface area contributed by atoms with Crippen LogP contribution < -0.4 is 11.1 Å². The molecule has 0 aromatic heterocycles. The van der Waals surface area contributed by atoms with Crippen LogP contribution in [0.5, 0.6) is 0 Å². The Morgan fingerprint density at radius 3 is 2.13 bits per heavy atom. The van der Waals surface area contributed by atoms with Crippen molar-refractivity contribution in [2.45, 2.75) is 32.5 Å². The zero-order valence-electron chi connectivity index (χ0n) is 17.8. The van der Waals surface area contributed by atoms with Gasteiger partial charge >= 0.3 is 12.3 Å². The third-order valence-electron chi connectivity index (χ3n) is 4.40. The van der Waals surface area contributed by atoms with Gasteiger partial charge < -0.3 is 25.6 Å². The van der Waals surface area contributed by atoms with E-state index in [1.807, 2.05) is 25.7 Å². The minimum Gasteiger partial charge on any atom is -0.444 e. The van der Waals surface area contributed by atoms with Crippen LogP contribution in [0.1, 0.15) is 36.7 Å². The molecule has 1 fully saturated rings. The van der Waals surface area contributed by atoms with E-state index in [0.29, 0.717) is 32.1 Å². The number of nitrogens with one attached hydrogen (secondary N) is 1. The highest BCUT2D eigenvalue weighted by molar-refractivity contribution is 5.94. The number of ether oxygens (including phenoxy) is 1. The number of nitrogens with two attached hydrogens (primary N) is 1. The summed E-state index contributed by atoms with van der Waals surface area (Å²) in [5.41, 5.74) is 4.74. The van der Waals surface area contributed by atoms with Crippen molar-refractivity contribution >= 4 is 18.0 Å². The second kappa shape index (κ2) is 9.88. The quantitative estimate of drug-likeness (QED) is 0.423. The molecule has 0 unspecified atom stereocenters. The fourth-order valence-corrected chi connectivity index (χ4v) is 2.80. The topological polar surface area (TPSA) is 100 Å². The number of hydrogen-bond acceptors (Lipinski definition) is 4. The molecule has 3 N–H and O–H groups in total. The van der Waals surface area contributed by atoms with Gasteiger partial charge in [-0.1, -0.05) is 0 Å². The summed E-state index contributed by atoms with van der Waals surface area (Å²) in [5.74, 6) is -0.193. The van der Waals surface area contributed by atoms with E-state index in [4.69, 9.17) is 10.5 Å². The van der Waals surface area contributed by atoms with Crippen LogP contribution in [-0.2, 0) is 10.9 Å². The Labute approximate surface area is 179 Å². The summed E-state index contributed by atoms with van der Waals surface area (Å²) in [6.07, 6.45) is -4.81. The Balaban J connectivity index is 1.74. The van der Waals surface area contributed by atoms with Gasteiger partial charge in [0, 0.05) is 38.3 Å². The van der Waals surface area contributed by atoms with Crippen LogP contribution in [0.4, 0.5) is 18.0 Å². The number of carbonyl (C=O) groups is 2. The predicted molar refractivity (Wildman–Crippen MR) is 110 cm³/mol. The summed E-state index contributed by atoms with van der Waals surface area (Å²) in [4.78, 5) is 31.8. The van der Waals surface area contributed by atoms with E-state index >= 15 is 0 Å². The zero-order chi connectivity index (χ0) is 23.2. The monoisotopic (exact) mass is 443 g/mol. The summed E-state index contributed by atoms with van der Waals surface area (Å²) in [7, 11) is 0. The average molecular weight is 443 g/mol. The Morgan fingerprint density at radius 2 is 1.61 bits per heavy atom. The molecule has 1 aliphatic heterocycles. The second-order valence-electron chi connectivity index (χ2n) is 8.03. The molecule has 0 bridgehead atoms. The minimum absolute atomic E-state index is 0.128. The van der Waals surface area contributed by atoms with E-state index in [9.17, 15) is 22.8 Å². The number of carbonyl (C=O) groups excluding carboxylic acids is 2. The van der Waals surface area contributed by atoms with Gasteiger partial charge in [0.25, 0.3) is 5.91 Å². The highest BCUT2D eigenvalue weighted by Gasteiger charge is 2.30. The molecule has 0 radical (unpaired) electrons. The van der Waals surface area contributed by atoms with Crippen molar-refractivity contribution in [3.05, 3.63) is 35.4 Å². The number of halogens is 3. The maximum Gasteiger partial charge on any atom is 0.416 e. The number of nitrogens with zero attached hydrogens (tertiary/aromatic N) is 3. The van der Waals surface area contributed by atoms with Crippen LogP contribution in [0.3, 0.4) is 0 Å². The molecule has 1 aromatic carbocycles. The molecule has 2 rings (SSSR count). The smallest absolute Gasteiger partial charge is 0.416 e.